The second-order valence-electron chi connectivity index (χ2n) is 4.27. The number of carbonyl (C=O) groups excluding carboxylic acids is 1. The molecule has 0 aliphatic heterocycles. The summed E-state index contributed by atoms with van der Waals surface area (Å²) in [6, 6.07) is 8.19. The van der Waals surface area contributed by atoms with Gasteiger partial charge in [-0.25, -0.2) is 0 Å². The molecule has 3 rings (SSSR count). The van der Waals surface area contributed by atoms with E-state index in [1.807, 2.05) is 23.7 Å². The first-order valence-corrected chi connectivity index (χ1v) is 7.80. The van der Waals surface area contributed by atoms with E-state index in [0.29, 0.717) is 5.16 Å². The topological polar surface area (TPSA) is 73.8 Å². The zero-order chi connectivity index (χ0) is 14.1. The molecule has 0 spiro atoms. The Kier molecular flexibility index (Phi) is 3.45. The van der Waals surface area contributed by atoms with Gasteiger partial charge in [0.25, 0.3) is 0 Å². The van der Waals surface area contributed by atoms with Crippen LogP contribution in [0.3, 0.4) is 0 Å². The quantitative estimate of drug-likeness (QED) is 0.750. The largest absolute Gasteiger partial charge is 0.369 e. The van der Waals surface area contributed by atoms with E-state index < -0.39 is 0 Å². The first-order chi connectivity index (χ1) is 9.66. The maximum Gasteiger partial charge on any atom is 0.227 e. The van der Waals surface area contributed by atoms with Gasteiger partial charge in [0, 0.05) is 28.1 Å². The minimum Gasteiger partial charge on any atom is -0.369 e. The van der Waals surface area contributed by atoms with Crippen molar-refractivity contribution in [1.29, 1.82) is 0 Å². The lowest BCUT2D eigenvalue weighted by atomic mass is 10.2. The first kappa shape index (κ1) is 13.1. The summed E-state index contributed by atoms with van der Waals surface area (Å²) in [5.74, 6) is 0.644. The lowest BCUT2D eigenvalue weighted by Gasteiger charge is -2.02. The van der Waals surface area contributed by atoms with E-state index >= 15 is 0 Å². The molecule has 0 aliphatic rings. The molecule has 1 amide bonds. The number of thiophene rings is 1. The molecule has 3 aromatic rings. The van der Waals surface area contributed by atoms with Crippen molar-refractivity contribution in [2.24, 2.45) is 12.8 Å². The van der Waals surface area contributed by atoms with Crippen LogP contribution in [-0.2, 0) is 11.8 Å². The molecule has 0 atom stereocenters. The van der Waals surface area contributed by atoms with Crippen molar-refractivity contribution < 1.29 is 4.79 Å². The molecule has 2 aromatic heterocycles. The lowest BCUT2D eigenvalue weighted by molar-refractivity contribution is -0.115. The summed E-state index contributed by atoms with van der Waals surface area (Å²) in [5, 5.41) is 12.3. The fraction of sp³-hybridized carbons (Fsp3) is 0.154. The van der Waals surface area contributed by atoms with Crippen LogP contribution in [0, 0.1) is 0 Å². The molecule has 102 valence electrons. The second-order valence-corrected chi connectivity index (χ2v) is 6.12. The molecule has 0 saturated carbocycles. The van der Waals surface area contributed by atoms with Gasteiger partial charge in [0.1, 0.15) is 0 Å². The van der Waals surface area contributed by atoms with Crippen molar-refractivity contribution in [3.05, 3.63) is 29.6 Å². The smallest absolute Gasteiger partial charge is 0.227 e. The molecule has 0 radical (unpaired) electrons. The van der Waals surface area contributed by atoms with Crippen LogP contribution in [0.2, 0.25) is 0 Å². The zero-order valence-corrected chi connectivity index (χ0v) is 12.4. The van der Waals surface area contributed by atoms with Crippen molar-refractivity contribution >= 4 is 39.1 Å². The van der Waals surface area contributed by atoms with Gasteiger partial charge in [0.15, 0.2) is 11.0 Å². The van der Waals surface area contributed by atoms with Crippen molar-refractivity contribution in [3.8, 4) is 11.4 Å². The number of nitrogens with two attached hydrogens (primary N) is 1. The fourth-order valence-electron chi connectivity index (χ4n) is 1.96. The highest BCUT2D eigenvalue weighted by Crippen LogP contribution is 2.33. The van der Waals surface area contributed by atoms with Gasteiger partial charge >= 0.3 is 0 Å². The number of hydrogen-bond donors (Lipinski definition) is 1. The summed E-state index contributed by atoms with van der Waals surface area (Å²) in [6.45, 7) is 0. The first-order valence-electron chi connectivity index (χ1n) is 5.94. The highest BCUT2D eigenvalue weighted by Gasteiger charge is 2.15. The molecule has 2 heterocycles. The van der Waals surface area contributed by atoms with Gasteiger partial charge in [0.2, 0.25) is 5.91 Å². The Bertz CT molecular complexity index is 778. The van der Waals surface area contributed by atoms with E-state index in [-0.39, 0.29) is 11.7 Å². The van der Waals surface area contributed by atoms with Gasteiger partial charge in [-0.05, 0) is 6.07 Å². The third kappa shape index (κ3) is 2.30. The van der Waals surface area contributed by atoms with Crippen molar-refractivity contribution in [1.82, 2.24) is 14.8 Å². The standard InChI is InChI=1S/C13H12N4OS2/c1-17-12(15-16-13(17)20-7-11(14)18)9-6-19-10-5-3-2-4-8(9)10/h2-6H,7H2,1H3,(H2,14,18). The molecule has 0 saturated heterocycles. The average Bonchev–Trinajstić information content (AvgIpc) is 3.00. The summed E-state index contributed by atoms with van der Waals surface area (Å²) < 4.78 is 3.11. The molecule has 0 fully saturated rings. The van der Waals surface area contributed by atoms with Crippen molar-refractivity contribution in [3.63, 3.8) is 0 Å². The Morgan fingerprint density at radius 1 is 1.40 bits per heavy atom. The van der Waals surface area contributed by atoms with Crippen LogP contribution in [0.25, 0.3) is 21.5 Å². The molecule has 0 bridgehead atoms. The number of carbonyl (C=O) groups is 1. The van der Waals surface area contributed by atoms with Crippen LogP contribution in [0.5, 0.6) is 0 Å². The van der Waals surface area contributed by atoms with Gasteiger partial charge in [0.05, 0.1) is 5.75 Å². The van der Waals surface area contributed by atoms with Crippen LogP contribution in [0.1, 0.15) is 0 Å². The van der Waals surface area contributed by atoms with Gasteiger partial charge in [-0.2, -0.15) is 0 Å². The highest BCUT2D eigenvalue weighted by molar-refractivity contribution is 7.99. The number of benzene rings is 1. The van der Waals surface area contributed by atoms with Gasteiger partial charge < -0.3 is 10.3 Å². The normalized spacial score (nSPS) is 11.1. The van der Waals surface area contributed by atoms with Gasteiger partial charge in [-0.15, -0.1) is 21.5 Å². The van der Waals surface area contributed by atoms with Crippen molar-refractivity contribution in [2.45, 2.75) is 5.16 Å². The van der Waals surface area contributed by atoms with E-state index in [4.69, 9.17) is 5.73 Å². The van der Waals surface area contributed by atoms with E-state index in [1.165, 1.54) is 21.8 Å². The van der Waals surface area contributed by atoms with Gasteiger partial charge in [-0.1, -0.05) is 30.0 Å². The number of amides is 1. The van der Waals surface area contributed by atoms with Crippen LogP contribution in [0.15, 0.2) is 34.8 Å². The monoisotopic (exact) mass is 304 g/mol. The molecule has 7 heteroatoms. The molecule has 0 aliphatic carbocycles. The molecule has 1 aromatic carbocycles. The highest BCUT2D eigenvalue weighted by atomic mass is 32.2. The summed E-state index contributed by atoms with van der Waals surface area (Å²) in [7, 11) is 1.89. The van der Waals surface area contributed by atoms with E-state index in [9.17, 15) is 4.79 Å². The minimum absolute atomic E-state index is 0.205. The van der Waals surface area contributed by atoms with Gasteiger partial charge in [-0.3, -0.25) is 4.79 Å². The van der Waals surface area contributed by atoms with Crippen LogP contribution < -0.4 is 5.73 Å². The number of nitrogens with zero attached hydrogens (tertiary/aromatic N) is 3. The number of aromatic nitrogens is 3. The molecule has 5 nitrogen and oxygen atoms in total. The van der Waals surface area contributed by atoms with Crippen LogP contribution >= 0.6 is 23.1 Å². The Balaban J connectivity index is 2.00. The average molecular weight is 304 g/mol. The predicted molar refractivity (Wildman–Crippen MR) is 81.7 cm³/mol. The summed E-state index contributed by atoms with van der Waals surface area (Å²) in [6.07, 6.45) is 0. The molecule has 0 unspecified atom stereocenters. The van der Waals surface area contributed by atoms with E-state index in [1.54, 1.807) is 11.3 Å². The second kappa shape index (κ2) is 5.26. The third-order valence-corrected chi connectivity index (χ3v) is 4.91. The maximum absolute atomic E-state index is 10.8. The van der Waals surface area contributed by atoms with Crippen LogP contribution in [0.4, 0.5) is 0 Å². The fourth-order valence-corrected chi connectivity index (χ4v) is 3.55. The molecular weight excluding hydrogens is 292 g/mol. The molecule has 20 heavy (non-hydrogen) atoms. The number of hydrogen-bond acceptors (Lipinski definition) is 5. The number of rotatable bonds is 4. The SMILES string of the molecule is Cn1c(SCC(N)=O)nnc1-c1csc2ccccc12. The summed E-state index contributed by atoms with van der Waals surface area (Å²) in [4.78, 5) is 10.8. The van der Waals surface area contributed by atoms with Crippen molar-refractivity contribution in [2.75, 3.05) is 5.75 Å². The Morgan fingerprint density at radius 3 is 3.00 bits per heavy atom. The van der Waals surface area contributed by atoms with E-state index in [0.717, 1.165) is 11.4 Å². The summed E-state index contributed by atoms with van der Waals surface area (Å²) >= 11 is 2.98. The number of thioether (sulfide) groups is 1. The Labute approximate surface area is 123 Å². The Hall–Kier alpha value is -1.86. The van der Waals surface area contributed by atoms with E-state index in [2.05, 4.69) is 27.7 Å². The summed E-state index contributed by atoms with van der Waals surface area (Å²) in [5.41, 5.74) is 6.21. The van der Waals surface area contributed by atoms with Crippen LogP contribution in [-0.4, -0.2) is 26.4 Å². The Morgan fingerprint density at radius 2 is 2.20 bits per heavy atom. The number of fused-ring (bicyclic) bond motifs is 1. The zero-order valence-electron chi connectivity index (χ0n) is 10.7. The molecule has 2 N–H and O–H groups in total. The minimum atomic E-state index is -0.361. The number of primary amides is 1. The molecular formula is C13H12N4OS2. The predicted octanol–water partition coefficient (Wildman–Crippen LogP) is 2.27. The lowest BCUT2D eigenvalue weighted by Crippen LogP contribution is -2.13. The third-order valence-electron chi connectivity index (χ3n) is 2.90. The maximum atomic E-state index is 10.8.